The standard InChI is InChI=1S/C10H13FO3S/c1-8-4-5-10(15(12,13)14)7-9(8)3-2-6-11/h4-5,7H,2-3,6H2,1H3,(H,12,13,14). The van der Waals surface area contributed by atoms with E-state index in [-0.39, 0.29) is 4.90 Å². The van der Waals surface area contributed by atoms with Crippen LogP contribution in [-0.2, 0) is 16.5 Å². The van der Waals surface area contributed by atoms with Gasteiger partial charge in [-0.3, -0.25) is 8.94 Å². The number of halogens is 1. The van der Waals surface area contributed by atoms with Gasteiger partial charge in [0, 0.05) is 0 Å². The van der Waals surface area contributed by atoms with Crippen LogP contribution in [0.4, 0.5) is 4.39 Å². The highest BCUT2D eigenvalue weighted by atomic mass is 32.2. The SMILES string of the molecule is Cc1ccc(S(=O)(=O)O)cc1CCCF. The van der Waals surface area contributed by atoms with Crippen molar-refractivity contribution in [1.82, 2.24) is 0 Å². The van der Waals surface area contributed by atoms with Gasteiger partial charge in [-0.25, -0.2) is 0 Å². The molecule has 0 spiro atoms. The van der Waals surface area contributed by atoms with E-state index in [9.17, 15) is 12.8 Å². The second-order valence-electron chi connectivity index (χ2n) is 3.36. The van der Waals surface area contributed by atoms with Gasteiger partial charge < -0.3 is 0 Å². The molecular formula is C10H13FO3S. The summed E-state index contributed by atoms with van der Waals surface area (Å²) in [5.74, 6) is 0. The van der Waals surface area contributed by atoms with Crippen LogP contribution in [0.3, 0.4) is 0 Å². The monoisotopic (exact) mass is 232 g/mol. The van der Waals surface area contributed by atoms with Crippen LogP contribution in [0.2, 0.25) is 0 Å². The molecule has 0 atom stereocenters. The second-order valence-corrected chi connectivity index (χ2v) is 4.78. The van der Waals surface area contributed by atoms with Crippen molar-refractivity contribution in [2.75, 3.05) is 6.67 Å². The van der Waals surface area contributed by atoms with Crippen molar-refractivity contribution in [2.24, 2.45) is 0 Å². The zero-order valence-electron chi connectivity index (χ0n) is 8.40. The fourth-order valence-corrected chi connectivity index (χ4v) is 1.87. The van der Waals surface area contributed by atoms with Crippen LogP contribution in [-0.4, -0.2) is 19.6 Å². The maximum Gasteiger partial charge on any atom is 0.294 e. The lowest BCUT2D eigenvalue weighted by Gasteiger charge is -2.06. The molecule has 0 bridgehead atoms. The Morgan fingerprint density at radius 2 is 2.07 bits per heavy atom. The fourth-order valence-electron chi connectivity index (χ4n) is 1.33. The number of benzene rings is 1. The third kappa shape index (κ3) is 3.28. The van der Waals surface area contributed by atoms with Crippen molar-refractivity contribution in [3.63, 3.8) is 0 Å². The van der Waals surface area contributed by atoms with Crippen LogP contribution in [0.25, 0.3) is 0 Å². The predicted octanol–water partition coefficient (Wildman–Crippen LogP) is 2.14. The number of aryl methyl sites for hydroxylation is 2. The first-order chi connectivity index (χ1) is 6.95. The lowest BCUT2D eigenvalue weighted by atomic mass is 10.0. The van der Waals surface area contributed by atoms with E-state index in [1.54, 1.807) is 6.07 Å². The van der Waals surface area contributed by atoms with Crippen LogP contribution >= 0.6 is 0 Å². The third-order valence-corrected chi connectivity index (χ3v) is 3.05. The number of hydrogen-bond acceptors (Lipinski definition) is 2. The van der Waals surface area contributed by atoms with Gasteiger partial charge in [0.25, 0.3) is 10.1 Å². The van der Waals surface area contributed by atoms with E-state index in [0.29, 0.717) is 12.8 Å². The molecular weight excluding hydrogens is 219 g/mol. The zero-order valence-corrected chi connectivity index (χ0v) is 9.22. The molecule has 1 N–H and O–H groups in total. The Bertz CT molecular complexity index is 440. The molecule has 15 heavy (non-hydrogen) atoms. The molecule has 0 saturated carbocycles. The van der Waals surface area contributed by atoms with Gasteiger partial charge in [0.05, 0.1) is 11.6 Å². The molecule has 0 unspecified atom stereocenters. The summed E-state index contributed by atoms with van der Waals surface area (Å²) < 4.78 is 42.5. The predicted molar refractivity (Wildman–Crippen MR) is 55.3 cm³/mol. The fraction of sp³-hybridized carbons (Fsp3) is 0.400. The van der Waals surface area contributed by atoms with E-state index in [2.05, 4.69) is 0 Å². The molecule has 1 rings (SSSR count). The number of rotatable bonds is 4. The van der Waals surface area contributed by atoms with E-state index in [1.165, 1.54) is 12.1 Å². The Morgan fingerprint density at radius 3 is 2.60 bits per heavy atom. The topological polar surface area (TPSA) is 54.4 Å². The minimum atomic E-state index is -4.16. The molecule has 1 aromatic carbocycles. The average molecular weight is 232 g/mol. The maximum absolute atomic E-state index is 12.0. The average Bonchev–Trinajstić information content (AvgIpc) is 2.15. The summed E-state index contributed by atoms with van der Waals surface area (Å²) in [6.07, 6.45) is 0.835. The molecule has 5 heteroatoms. The lowest BCUT2D eigenvalue weighted by Crippen LogP contribution is -2.00. The highest BCUT2D eigenvalue weighted by Crippen LogP contribution is 2.16. The summed E-state index contributed by atoms with van der Waals surface area (Å²) in [5.41, 5.74) is 1.65. The molecule has 1 aromatic rings. The summed E-state index contributed by atoms with van der Waals surface area (Å²) in [5, 5.41) is 0. The summed E-state index contributed by atoms with van der Waals surface area (Å²) in [6.45, 7) is 1.39. The summed E-state index contributed by atoms with van der Waals surface area (Å²) >= 11 is 0. The smallest absolute Gasteiger partial charge is 0.282 e. The molecule has 0 saturated heterocycles. The van der Waals surface area contributed by atoms with Gasteiger partial charge in [-0.1, -0.05) is 6.07 Å². The van der Waals surface area contributed by atoms with Gasteiger partial charge in [0.15, 0.2) is 0 Å². The largest absolute Gasteiger partial charge is 0.294 e. The second kappa shape index (κ2) is 4.72. The molecule has 0 aliphatic rings. The molecule has 0 radical (unpaired) electrons. The van der Waals surface area contributed by atoms with Gasteiger partial charge in [-0.05, 0) is 43.0 Å². The first-order valence-electron chi connectivity index (χ1n) is 4.58. The quantitative estimate of drug-likeness (QED) is 0.809. The van der Waals surface area contributed by atoms with Gasteiger partial charge in [0.2, 0.25) is 0 Å². The van der Waals surface area contributed by atoms with Crippen LogP contribution in [0, 0.1) is 6.92 Å². The van der Waals surface area contributed by atoms with Crippen molar-refractivity contribution in [3.8, 4) is 0 Å². The maximum atomic E-state index is 12.0. The van der Waals surface area contributed by atoms with Crippen molar-refractivity contribution >= 4 is 10.1 Å². The Labute approximate surface area is 88.7 Å². The molecule has 0 amide bonds. The summed E-state index contributed by atoms with van der Waals surface area (Å²) in [6, 6.07) is 4.33. The van der Waals surface area contributed by atoms with Crippen molar-refractivity contribution < 1.29 is 17.4 Å². The minimum absolute atomic E-state index is 0.137. The van der Waals surface area contributed by atoms with Crippen molar-refractivity contribution in [1.29, 1.82) is 0 Å². The highest BCUT2D eigenvalue weighted by molar-refractivity contribution is 7.85. The molecule has 0 heterocycles. The van der Waals surface area contributed by atoms with E-state index < -0.39 is 16.8 Å². The van der Waals surface area contributed by atoms with Crippen molar-refractivity contribution in [2.45, 2.75) is 24.7 Å². The van der Waals surface area contributed by atoms with E-state index in [1.807, 2.05) is 6.92 Å². The Morgan fingerprint density at radius 1 is 1.40 bits per heavy atom. The van der Waals surface area contributed by atoms with E-state index in [4.69, 9.17) is 4.55 Å². The molecule has 0 aliphatic carbocycles. The van der Waals surface area contributed by atoms with E-state index >= 15 is 0 Å². The van der Waals surface area contributed by atoms with Crippen LogP contribution in [0.5, 0.6) is 0 Å². The highest BCUT2D eigenvalue weighted by Gasteiger charge is 2.10. The van der Waals surface area contributed by atoms with Crippen LogP contribution in [0.1, 0.15) is 17.5 Å². The van der Waals surface area contributed by atoms with Gasteiger partial charge in [0.1, 0.15) is 0 Å². The normalized spacial score (nSPS) is 11.7. The summed E-state index contributed by atoms with van der Waals surface area (Å²) in [4.78, 5) is -0.137. The summed E-state index contributed by atoms with van der Waals surface area (Å²) in [7, 11) is -4.16. The molecule has 0 aliphatic heterocycles. The third-order valence-electron chi connectivity index (χ3n) is 2.20. The number of hydrogen-bond donors (Lipinski definition) is 1. The molecule has 0 aromatic heterocycles. The first-order valence-corrected chi connectivity index (χ1v) is 6.02. The molecule has 0 fully saturated rings. The molecule has 84 valence electrons. The minimum Gasteiger partial charge on any atom is -0.282 e. The van der Waals surface area contributed by atoms with E-state index in [0.717, 1.165) is 11.1 Å². The first kappa shape index (κ1) is 12.1. The lowest BCUT2D eigenvalue weighted by molar-refractivity contribution is 0.472. The Balaban J connectivity index is 3.06. The number of alkyl halides is 1. The van der Waals surface area contributed by atoms with Crippen LogP contribution in [0.15, 0.2) is 23.1 Å². The van der Waals surface area contributed by atoms with Crippen LogP contribution < -0.4 is 0 Å². The molecule has 3 nitrogen and oxygen atoms in total. The van der Waals surface area contributed by atoms with Gasteiger partial charge in [-0.2, -0.15) is 8.42 Å². The Hall–Kier alpha value is -0.940. The van der Waals surface area contributed by atoms with Crippen molar-refractivity contribution in [3.05, 3.63) is 29.3 Å². The Kier molecular flexibility index (Phi) is 3.82. The van der Waals surface area contributed by atoms with Gasteiger partial charge >= 0.3 is 0 Å². The van der Waals surface area contributed by atoms with Gasteiger partial charge in [-0.15, -0.1) is 0 Å². The zero-order chi connectivity index (χ0) is 11.5.